The first-order valence-electron chi connectivity index (χ1n) is 3.98. The van der Waals surface area contributed by atoms with E-state index in [2.05, 4.69) is 37.4 Å². The lowest BCUT2D eigenvalue weighted by Crippen LogP contribution is -2.34. The summed E-state index contributed by atoms with van der Waals surface area (Å²) < 4.78 is 4.03. The minimum Gasteiger partial charge on any atom is -0.215 e. The van der Waals surface area contributed by atoms with Crippen molar-refractivity contribution in [1.82, 2.24) is 9.67 Å². The first kappa shape index (κ1) is 8.24. The molecule has 3 heteroatoms. The topological polar surface area (TPSA) is 21.7 Å². The Morgan fingerprint density at radius 1 is 1.45 bits per heavy atom. The van der Waals surface area contributed by atoms with Crippen LogP contribution >= 0.6 is 0 Å². The highest BCUT2D eigenvalue weighted by molar-refractivity contribution is 4.72. The Morgan fingerprint density at radius 2 is 2.09 bits per heavy atom. The fraction of sp³-hybridized carbons (Fsp3) is 0.750. The maximum absolute atomic E-state index is 4.18. The van der Waals surface area contributed by atoms with Gasteiger partial charge in [0.1, 0.15) is 12.1 Å². The third-order valence-electron chi connectivity index (χ3n) is 1.68. The van der Waals surface area contributed by atoms with Crippen molar-refractivity contribution in [2.75, 3.05) is 0 Å². The van der Waals surface area contributed by atoms with Gasteiger partial charge in [-0.15, -0.1) is 4.68 Å². The van der Waals surface area contributed by atoms with E-state index in [9.17, 15) is 0 Å². The highest BCUT2D eigenvalue weighted by atomic mass is 15.4. The minimum absolute atomic E-state index is 0.146. The van der Waals surface area contributed by atoms with Gasteiger partial charge in [0.15, 0.2) is 0 Å². The molecule has 1 aromatic heterocycles. The minimum atomic E-state index is 0.146. The molecule has 1 rings (SSSR count). The van der Waals surface area contributed by atoms with Gasteiger partial charge in [0.05, 0.1) is 0 Å². The predicted octanol–water partition coefficient (Wildman–Crippen LogP) is 0.946. The molecule has 0 bridgehead atoms. The van der Waals surface area contributed by atoms with Crippen molar-refractivity contribution >= 4 is 0 Å². The van der Waals surface area contributed by atoms with Crippen LogP contribution < -0.4 is 4.68 Å². The molecule has 1 heterocycles. The molecule has 0 fully saturated rings. The molecule has 11 heavy (non-hydrogen) atoms. The van der Waals surface area contributed by atoms with E-state index < -0.39 is 0 Å². The van der Waals surface area contributed by atoms with Crippen LogP contribution in [0.1, 0.15) is 27.7 Å². The Balaban J connectivity index is 2.89. The summed E-state index contributed by atoms with van der Waals surface area (Å²) in [6.07, 6.45) is 3.89. The van der Waals surface area contributed by atoms with Gasteiger partial charge in [-0.25, -0.2) is 4.57 Å². The highest BCUT2D eigenvalue weighted by Gasteiger charge is 2.19. The van der Waals surface area contributed by atoms with E-state index in [1.165, 1.54) is 0 Å². The Kier molecular flexibility index (Phi) is 1.98. The van der Waals surface area contributed by atoms with Crippen LogP contribution in [0.3, 0.4) is 0 Å². The van der Waals surface area contributed by atoms with Crippen LogP contribution in [0.15, 0.2) is 12.7 Å². The van der Waals surface area contributed by atoms with Crippen LogP contribution in [0, 0.1) is 0 Å². The van der Waals surface area contributed by atoms with Gasteiger partial charge in [-0.3, -0.25) is 0 Å². The lowest BCUT2D eigenvalue weighted by molar-refractivity contribution is -0.749. The lowest BCUT2D eigenvalue weighted by atomic mass is 10.1. The Morgan fingerprint density at radius 3 is 2.36 bits per heavy atom. The summed E-state index contributed by atoms with van der Waals surface area (Å²) in [4.78, 5) is 0. The van der Waals surface area contributed by atoms with E-state index in [4.69, 9.17) is 0 Å². The summed E-state index contributed by atoms with van der Waals surface area (Å²) in [5.41, 5.74) is 0.146. The molecule has 0 saturated carbocycles. The molecule has 0 aromatic carbocycles. The smallest absolute Gasteiger partial charge is 0.215 e. The van der Waals surface area contributed by atoms with Crippen molar-refractivity contribution in [1.29, 1.82) is 0 Å². The Bertz CT molecular complexity index is 232. The number of aryl methyl sites for hydroxylation is 1. The molecule has 0 amide bonds. The average molecular weight is 154 g/mol. The zero-order chi connectivity index (χ0) is 8.48. The summed E-state index contributed by atoms with van der Waals surface area (Å²) in [6.45, 7) is 9.50. The molecule has 0 saturated heterocycles. The lowest BCUT2D eigenvalue weighted by Gasteiger charge is -2.12. The zero-order valence-corrected chi connectivity index (χ0v) is 7.70. The van der Waals surface area contributed by atoms with Crippen molar-refractivity contribution in [3.63, 3.8) is 0 Å². The second-order valence-electron chi connectivity index (χ2n) is 3.68. The van der Waals surface area contributed by atoms with Gasteiger partial charge >= 0.3 is 0 Å². The van der Waals surface area contributed by atoms with E-state index in [0.29, 0.717) is 0 Å². The van der Waals surface area contributed by atoms with Crippen LogP contribution in [-0.4, -0.2) is 9.67 Å². The second kappa shape index (κ2) is 2.64. The summed E-state index contributed by atoms with van der Waals surface area (Å²) in [6, 6.07) is 0. The molecule has 0 N–H and O–H groups in total. The van der Waals surface area contributed by atoms with E-state index in [1.54, 1.807) is 0 Å². The fourth-order valence-electron chi connectivity index (χ4n) is 0.835. The van der Waals surface area contributed by atoms with E-state index in [0.717, 1.165) is 6.54 Å². The van der Waals surface area contributed by atoms with Crippen LogP contribution in [0.2, 0.25) is 0 Å². The molecule has 62 valence electrons. The predicted molar refractivity (Wildman–Crippen MR) is 43.1 cm³/mol. The first-order valence-corrected chi connectivity index (χ1v) is 3.98. The van der Waals surface area contributed by atoms with E-state index in [1.807, 2.05) is 17.3 Å². The molecule has 0 radical (unpaired) electrons. The molecule has 0 atom stereocenters. The molecular weight excluding hydrogens is 138 g/mol. The van der Waals surface area contributed by atoms with E-state index >= 15 is 0 Å². The number of rotatable bonds is 1. The average Bonchev–Trinajstić information content (AvgIpc) is 2.32. The maximum Gasteiger partial charge on any atom is 0.266 e. The van der Waals surface area contributed by atoms with Gasteiger partial charge in [0, 0.05) is 0 Å². The normalized spacial score (nSPS) is 12.0. The number of hydrogen-bond acceptors (Lipinski definition) is 1. The number of nitrogens with zero attached hydrogens (tertiary/aromatic N) is 3. The van der Waals surface area contributed by atoms with Crippen molar-refractivity contribution in [3.8, 4) is 0 Å². The van der Waals surface area contributed by atoms with Gasteiger partial charge < -0.3 is 0 Å². The third kappa shape index (κ3) is 1.79. The summed E-state index contributed by atoms with van der Waals surface area (Å²) in [7, 11) is 0. The van der Waals surface area contributed by atoms with Crippen LogP contribution in [-0.2, 0) is 12.1 Å². The number of hydrogen-bond donors (Lipinski definition) is 0. The van der Waals surface area contributed by atoms with Crippen LogP contribution in [0.5, 0.6) is 0 Å². The second-order valence-corrected chi connectivity index (χ2v) is 3.68. The molecule has 0 spiro atoms. The molecule has 0 aliphatic heterocycles. The molecule has 3 nitrogen and oxygen atoms in total. The summed E-state index contributed by atoms with van der Waals surface area (Å²) >= 11 is 0. The molecular formula is C8H16N3+. The Hall–Kier alpha value is -0.860. The molecule has 0 aliphatic carbocycles. The molecule has 0 unspecified atom stereocenters. The quantitative estimate of drug-likeness (QED) is 0.552. The van der Waals surface area contributed by atoms with Gasteiger partial charge in [-0.05, 0) is 32.8 Å². The molecule has 1 aromatic rings. The maximum atomic E-state index is 4.18. The van der Waals surface area contributed by atoms with Crippen molar-refractivity contribution < 1.29 is 4.68 Å². The summed E-state index contributed by atoms with van der Waals surface area (Å²) in [5, 5.41) is 4.18. The summed E-state index contributed by atoms with van der Waals surface area (Å²) in [5.74, 6) is 0. The van der Waals surface area contributed by atoms with Gasteiger partial charge in [-0.2, -0.15) is 0 Å². The SMILES string of the molecule is CC[n+]1cn(C(C)(C)C)cn1. The monoisotopic (exact) mass is 154 g/mol. The number of aromatic nitrogens is 3. The van der Waals surface area contributed by atoms with Crippen molar-refractivity contribution in [2.24, 2.45) is 0 Å². The fourth-order valence-corrected chi connectivity index (χ4v) is 0.835. The highest BCUT2D eigenvalue weighted by Crippen LogP contribution is 2.10. The van der Waals surface area contributed by atoms with Crippen molar-refractivity contribution in [3.05, 3.63) is 12.7 Å². The Labute approximate surface area is 67.7 Å². The van der Waals surface area contributed by atoms with Gasteiger partial charge in [-0.1, -0.05) is 0 Å². The molecule has 0 aliphatic rings. The standard InChI is InChI=1S/C8H16N3/c1-5-11-7-10(6-9-11)8(2,3)4/h6-7H,5H2,1-4H3/q+1. The van der Waals surface area contributed by atoms with Gasteiger partial charge in [0.25, 0.3) is 6.33 Å². The van der Waals surface area contributed by atoms with Crippen LogP contribution in [0.4, 0.5) is 0 Å². The van der Waals surface area contributed by atoms with Crippen molar-refractivity contribution in [2.45, 2.75) is 39.8 Å². The largest absolute Gasteiger partial charge is 0.266 e. The zero-order valence-electron chi connectivity index (χ0n) is 7.70. The third-order valence-corrected chi connectivity index (χ3v) is 1.68. The van der Waals surface area contributed by atoms with E-state index in [-0.39, 0.29) is 5.54 Å². The van der Waals surface area contributed by atoms with Crippen LogP contribution in [0.25, 0.3) is 0 Å². The first-order chi connectivity index (χ1) is 5.04. The van der Waals surface area contributed by atoms with Gasteiger partial charge in [0.2, 0.25) is 6.33 Å².